The minimum atomic E-state index is -0.651. The van der Waals surface area contributed by atoms with Crippen molar-refractivity contribution in [1.29, 1.82) is 0 Å². The largest absolute Gasteiger partial charge is 0.481 e. The van der Waals surface area contributed by atoms with Gasteiger partial charge in [-0.05, 0) is 36.1 Å². The summed E-state index contributed by atoms with van der Waals surface area (Å²) in [4.78, 5) is 12.4. The van der Waals surface area contributed by atoms with Crippen molar-refractivity contribution in [2.24, 2.45) is 11.8 Å². The lowest BCUT2D eigenvalue weighted by molar-refractivity contribution is -0.150. The molecule has 0 amide bonds. The Hall–Kier alpha value is -0.830. The fraction of sp³-hybridized carbons (Fsp3) is 0.583. The molecule has 0 radical (unpaired) electrons. The summed E-state index contributed by atoms with van der Waals surface area (Å²) in [5.74, 6) is 0.516. The van der Waals surface area contributed by atoms with Crippen molar-refractivity contribution in [2.45, 2.75) is 32.1 Å². The van der Waals surface area contributed by atoms with Gasteiger partial charge in [-0.2, -0.15) is 0 Å². The lowest BCUT2D eigenvalue weighted by Gasteiger charge is -2.45. The second kappa shape index (κ2) is 3.63. The van der Waals surface area contributed by atoms with Gasteiger partial charge in [0.1, 0.15) is 5.41 Å². The van der Waals surface area contributed by atoms with Gasteiger partial charge in [0.2, 0.25) is 0 Å². The molecular weight excluding hydrogens is 208 g/mol. The molecular formula is C12H16O2S. The van der Waals surface area contributed by atoms with E-state index in [2.05, 4.69) is 13.8 Å². The first-order valence-electron chi connectivity index (χ1n) is 5.33. The average Bonchev–Trinajstić information content (AvgIpc) is 2.53. The van der Waals surface area contributed by atoms with E-state index in [4.69, 9.17) is 0 Å². The van der Waals surface area contributed by atoms with Crippen molar-refractivity contribution in [3.63, 3.8) is 0 Å². The van der Waals surface area contributed by atoms with Gasteiger partial charge in [-0.1, -0.05) is 19.9 Å². The Morgan fingerprint density at radius 2 is 2.27 bits per heavy atom. The normalized spacial score (nSPS) is 30.2. The Kier molecular flexibility index (Phi) is 2.59. The van der Waals surface area contributed by atoms with Gasteiger partial charge >= 0.3 is 5.97 Å². The van der Waals surface area contributed by atoms with E-state index in [0.717, 1.165) is 17.7 Å². The van der Waals surface area contributed by atoms with Crippen LogP contribution in [-0.4, -0.2) is 11.1 Å². The number of rotatable bonds is 3. The van der Waals surface area contributed by atoms with E-state index in [1.807, 2.05) is 17.5 Å². The molecule has 3 heteroatoms. The molecule has 0 atom stereocenters. The van der Waals surface area contributed by atoms with Crippen molar-refractivity contribution in [1.82, 2.24) is 0 Å². The van der Waals surface area contributed by atoms with Crippen LogP contribution >= 0.6 is 11.3 Å². The predicted molar refractivity (Wildman–Crippen MR) is 61.2 cm³/mol. The van der Waals surface area contributed by atoms with E-state index in [9.17, 15) is 9.90 Å². The summed E-state index contributed by atoms with van der Waals surface area (Å²) in [6.45, 7) is 4.34. The summed E-state index contributed by atoms with van der Waals surface area (Å²) in [6.07, 6.45) is 1.61. The van der Waals surface area contributed by atoms with Crippen LogP contribution in [-0.2, 0) is 10.2 Å². The van der Waals surface area contributed by atoms with Gasteiger partial charge in [-0.3, -0.25) is 4.79 Å². The summed E-state index contributed by atoms with van der Waals surface area (Å²) in [6, 6.07) is 3.89. The summed E-state index contributed by atoms with van der Waals surface area (Å²) in [7, 11) is 0. The predicted octanol–water partition coefficient (Wildman–Crippen LogP) is 3.14. The minimum absolute atomic E-state index is 0.566. The van der Waals surface area contributed by atoms with Gasteiger partial charge < -0.3 is 5.11 Å². The van der Waals surface area contributed by atoms with E-state index in [1.165, 1.54) is 0 Å². The molecule has 1 aromatic heterocycles. The molecule has 0 bridgehead atoms. The number of hydrogen-bond acceptors (Lipinski definition) is 2. The molecule has 2 nitrogen and oxygen atoms in total. The molecule has 0 saturated heterocycles. The Balaban J connectivity index is 2.21. The molecule has 0 aromatic carbocycles. The number of carbonyl (C=O) groups is 1. The number of carboxylic acids is 1. The van der Waals surface area contributed by atoms with Crippen molar-refractivity contribution >= 4 is 17.3 Å². The first-order chi connectivity index (χ1) is 7.06. The molecule has 2 rings (SSSR count). The van der Waals surface area contributed by atoms with E-state index in [1.54, 1.807) is 11.3 Å². The first-order valence-corrected chi connectivity index (χ1v) is 6.21. The van der Waals surface area contributed by atoms with Crippen LogP contribution in [0.1, 0.15) is 31.6 Å². The monoisotopic (exact) mass is 224 g/mol. The van der Waals surface area contributed by atoms with Crippen molar-refractivity contribution in [3.8, 4) is 0 Å². The molecule has 1 aliphatic rings. The van der Waals surface area contributed by atoms with Crippen molar-refractivity contribution < 1.29 is 9.90 Å². The van der Waals surface area contributed by atoms with Gasteiger partial charge in [-0.15, -0.1) is 11.3 Å². The zero-order valence-corrected chi connectivity index (χ0v) is 9.88. The molecule has 1 N–H and O–H groups in total. The lowest BCUT2D eigenvalue weighted by atomic mass is 9.58. The smallest absolute Gasteiger partial charge is 0.314 e. The number of carboxylic acid groups (broad SMARTS) is 1. The third kappa shape index (κ3) is 1.59. The topological polar surface area (TPSA) is 37.3 Å². The maximum atomic E-state index is 11.4. The maximum absolute atomic E-state index is 11.4. The fourth-order valence-corrected chi connectivity index (χ4v) is 3.28. The summed E-state index contributed by atoms with van der Waals surface area (Å²) >= 11 is 1.57. The van der Waals surface area contributed by atoms with Crippen LogP contribution in [0.15, 0.2) is 17.5 Å². The van der Waals surface area contributed by atoms with Crippen LogP contribution in [0.25, 0.3) is 0 Å². The van der Waals surface area contributed by atoms with E-state index >= 15 is 0 Å². The van der Waals surface area contributed by atoms with Crippen LogP contribution in [0, 0.1) is 11.8 Å². The van der Waals surface area contributed by atoms with Crippen molar-refractivity contribution in [3.05, 3.63) is 22.4 Å². The van der Waals surface area contributed by atoms with Gasteiger partial charge in [0.05, 0.1) is 0 Å². The second-order valence-electron chi connectivity index (χ2n) is 4.78. The van der Waals surface area contributed by atoms with Crippen LogP contribution in [0.3, 0.4) is 0 Å². The molecule has 1 fully saturated rings. The zero-order valence-electron chi connectivity index (χ0n) is 9.06. The number of thiophene rings is 1. The van der Waals surface area contributed by atoms with Gasteiger partial charge in [0, 0.05) is 4.88 Å². The standard InChI is InChI=1S/C12H16O2S/c1-8(2)9-6-12(7-9,11(13)14)10-4-3-5-15-10/h3-5,8-9H,6-7H2,1-2H3,(H,13,14). The second-order valence-corrected chi connectivity index (χ2v) is 5.72. The highest BCUT2D eigenvalue weighted by Gasteiger charge is 2.52. The fourth-order valence-electron chi connectivity index (χ4n) is 2.34. The molecule has 0 aliphatic heterocycles. The van der Waals surface area contributed by atoms with Crippen LogP contribution < -0.4 is 0 Å². The number of hydrogen-bond donors (Lipinski definition) is 1. The van der Waals surface area contributed by atoms with Gasteiger partial charge in [0.25, 0.3) is 0 Å². The highest BCUT2D eigenvalue weighted by Crippen LogP contribution is 2.52. The van der Waals surface area contributed by atoms with E-state index in [0.29, 0.717) is 11.8 Å². The minimum Gasteiger partial charge on any atom is -0.481 e. The maximum Gasteiger partial charge on any atom is 0.314 e. The SMILES string of the molecule is CC(C)C1CC(C(=O)O)(c2cccs2)C1. The van der Waals surface area contributed by atoms with E-state index < -0.39 is 11.4 Å². The molecule has 0 unspecified atom stereocenters. The third-order valence-corrected chi connectivity index (χ3v) is 4.64. The van der Waals surface area contributed by atoms with Crippen molar-refractivity contribution in [2.75, 3.05) is 0 Å². The Morgan fingerprint density at radius 3 is 2.67 bits per heavy atom. The Labute approximate surface area is 93.9 Å². The zero-order chi connectivity index (χ0) is 11.1. The van der Waals surface area contributed by atoms with Crippen LogP contribution in [0.4, 0.5) is 0 Å². The van der Waals surface area contributed by atoms with Gasteiger partial charge in [-0.25, -0.2) is 0 Å². The number of aliphatic carboxylic acids is 1. The van der Waals surface area contributed by atoms with Gasteiger partial charge in [0.15, 0.2) is 0 Å². The average molecular weight is 224 g/mol. The van der Waals surface area contributed by atoms with Crippen LogP contribution in [0.2, 0.25) is 0 Å². The highest BCUT2D eigenvalue weighted by molar-refractivity contribution is 7.10. The molecule has 15 heavy (non-hydrogen) atoms. The molecule has 1 heterocycles. The van der Waals surface area contributed by atoms with Crippen LogP contribution in [0.5, 0.6) is 0 Å². The Morgan fingerprint density at radius 1 is 1.60 bits per heavy atom. The molecule has 0 spiro atoms. The summed E-state index contributed by atoms with van der Waals surface area (Å²) < 4.78 is 0. The quantitative estimate of drug-likeness (QED) is 0.856. The third-order valence-electron chi connectivity index (χ3n) is 3.57. The highest BCUT2D eigenvalue weighted by atomic mass is 32.1. The first kappa shape index (κ1) is 10.7. The Bertz CT molecular complexity index is 348. The van der Waals surface area contributed by atoms with E-state index in [-0.39, 0.29) is 0 Å². The summed E-state index contributed by atoms with van der Waals surface area (Å²) in [5, 5.41) is 11.3. The lowest BCUT2D eigenvalue weighted by Crippen LogP contribution is -2.48. The molecule has 1 aliphatic carbocycles. The summed E-state index contributed by atoms with van der Waals surface area (Å²) in [5.41, 5.74) is -0.566. The molecule has 82 valence electrons. The molecule has 1 saturated carbocycles. The molecule has 1 aromatic rings.